The highest BCUT2D eigenvalue weighted by molar-refractivity contribution is 5.75. The van der Waals surface area contributed by atoms with E-state index < -0.39 is 12.0 Å². The van der Waals surface area contributed by atoms with Crippen LogP contribution in [0.25, 0.3) is 0 Å². The molecule has 0 aromatic rings. The van der Waals surface area contributed by atoms with E-state index in [1.54, 1.807) is 0 Å². The number of guanidine groups is 1. The second kappa shape index (κ2) is 8.01. The molecule has 0 rings (SSSR count). The molecular weight excluding hydrogens is 198 g/mol. The summed E-state index contributed by atoms with van der Waals surface area (Å²) in [6.07, 6.45) is 1.14. The van der Waals surface area contributed by atoms with E-state index in [0.29, 0.717) is 25.9 Å². The molecular formula is C8H19N5O2. The van der Waals surface area contributed by atoms with Crippen molar-refractivity contribution in [3.63, 3.8) is 0 Å². The minimum atomic E-state index is -0.634. The molecule has 7 nitrogen and oxygen atoms in total. The van der Waals surface area contributed by atoms with E-state index in [-0.39, 0.29) is 12.6 Å². The van der Waals surface area contributed by atoms with Crippen molar-refractivity contribution in [1.29, 1.82) is 5.41 Å². The standard InChI is InChI=1S/C8H19N5O2/c9-3-5-15-7(14)6(10)2-1-4-13-8(11)12/h6H,1-5,9-10H2,(H4,11,12,13)/t6-/m0/s1. The highest BCUT2D eigenvalue weighted by atomic mass is 16.5. The van der Waals surface area contributed by atoms with Crippen LogP contribution in [-0.2, 0) is 9.53 Å². The maximum Gasteiger partial charge on any atom is 0.322 e. The van der Waals surface area contributed by atoms with E-state index in [1.165, 1.54) is 0 Å². The van der Waals surface area contributed by atoms with E-state index in [1.807, 2.05) is 0 Å². The zero-order chi connectivity index (χ0) is 11.7. The van der Waals surface area contributed by atoms with Crippen LogP contribution in [0, 0.1) is 5.41 Å². The van der Waals surface area contributed by atoms with E-state index in [9.17, 15) is 4.79 Å². The first kappa shape index (κ1) is 13.7. The van der Waals surface area contributed by atoms with Crippen LogP contribution in [-0.4, -0.2) is 37.7 Å². The van der Waals surface area contributed by atoms with Gasteiger partial charge in [-0.2, -0.15) is 0 Å². The lowest BCUT2D eigenvalue weighted by molar-refractivity contribution is -0.145. The molecule has 0 saturated carbocycles. The van der Waals surface area contributed by atoms with Gasteiger partial charge in [-0.25, -0.2) is 0 Å². The molecule has 0 bridgehead atoms. The summed E-state index contributed by atoms with van der Waals surface area (Å²) in [6, 6.07) is -0.634. The van der Waals surface area contributed by atoms with Crippen molar-refractivity contribution in [2.45, 2.75) is 18.9 Å². The lowest BCUT2D eigenvalue weighted by Gasteiger charge is -2.10. The van der Waals surface area contributed by atoms with Crippen molar-refractivity contribution >= 4 is 11.9 Å². The summed E-state index contributed by atoms with van der Waals surface area (Å²) >= 11 is 0. The Labute approximate surface area is 88.8 Å². The number of nitrogens with two attached hydrogens (primary N) is 3. The summed E-state index contributed by atoms with van der Waals surface area (Å²) in [7, 11) is 0. The molecule has 0 radical (unpaired) electrons. The van der Waals surface area contributed by atoms with Gasteiger partial charge in [0.15, 0.2) is 5.96 Å². The number of nitrogens with one attached hydrogen (secondary N) is 2. The molecule has 1 atom stereocenters. The van der Waals surface area contributed by atoms with Gasteiger partial charge in [-0.05, 0) is 12.8 Å². The van der Waals surface area contributed by atoms with Crippen LogP contribution in [0.1, 0.15) is 12.8 Å². The number of ether oxygens (including phenoxy) is 1. The van der Waals surface area contributed by atoms with Crippen LogP contribution in [0.2, 0.25) is 0 Å². The Balaban J connectivity index is 3.50. The van der Waals surface area contributed by atoms with Crippen molar-refractivity contribution in [3.8, 4) is 0 Å². The van der Waals surface area contributed by atoms with Crippen LogP contribution in [0.15, 0.2) is 0 Å². The van der Waals surface area contributed by atoms with Gasteiger partial charge in [-0.3, -0.25) is 10.2 Å². The van der Waals surface area contributed by atoms with Crippen LogP contribution in [0.5, 0.6) is 0 Å². The molecule has 0 spiro atoms. The van der Waals surface area contributed by atoms with Gasteiger partial charge in [0.1, 0.15) is 12.6 Å². The lowest BCUT2D eigenvalue weighted by Crippen LogP contribution is -2.35. The molecule has 0 fully saturated rings. The Morgan fingerprint density at radius 3 is 2.73 bits per heavy atom. The first-order valence-electron chi connectivity index (χ1n) is 4.78. The van der Waals surface area contributed by atoms with E-state index >= 15 is 0 Å². The molecule has 0 aliphatic rings. The van der Waals surface area contributed by atoms with Gasteiger partial charge in [0, 0.05) is 13.1 Å². The zero-order valence-corrected chi connectivity index (χ0v) is 8.66. The van der Waals surface area contributed by atoms with Gasteiger partial charge in [-0.15, -0.1) is 0 Å². The third-order valence-corrected chi connectivity index (χ3v) is 1.67. The molecule has 0 heterocycles. The first-order chi connectivity index (χ1) is 7.07. The van der Waals surface area contributed by atoms with Crippen molar-refractivity contribution in [2.24, 2.45) is 17.2 Å². The minimum Gasteiger partial charge on any atom is -0.463 e. The van der Waals surface area contributed by atoms with E-state index in [0.717, 1.165) is 0 Å². The smallest absolute Gasteiger partial charge is 0.322 e. The Kier molecular flexibility index (Phi) is 7.29. The van der Waals surface area contributed by atoms with Crippen molar-refractivity contribution in [3.05, 3.63) is 0 Å². The average Bonchev–Trinajstić information content (AvgIpc) is 2.20. The minimum absolute atomic E-state index is 0.0886. The van der Waals surface area contributed by atoms with Gasteiger partial charge in [0.25, 0.3) is 0 Å². The number of carbonyl (C=O) groups excluding carboxylic acids is 1. The number of hydrogen-bond donors (Lipinski definition) is 5. The number of hydrogen-bond acceptors (Lipinski definition) is 5. The third kappa shape index (κ3) is 7.71. The Morgan fingerprint density at radius 1 is 1.53 bits per heavy atom. The Morgan fingerprint density at radius 2 is 2.20 bits per heavy atom. The van der Waals surface area contributed by atoms with Crippen LogP contribution >= 0.6 is 0 Å². The molecule has 0 aromatic heterocycles. The molecule has 8 N–H and O–H groups in total. The molecule has 0 aliphatic heterocycles. The molecule has 88 valence electrons. The second-order valence-electron chi connectivity index (χ2n) is 3.05. The molecule has 0 unspecified atom stereocenters. The van der Waals surface area contributed by atoms with Gasteiger partial charge in [0.05, 0.1) is 0 Å². The van der Waals surface area contributed by atoms with Gasteiger partial charge in [-0.1, -0.05) is 0 Å². The van der Waals surface area contributed by atoms with Crippen molar-refractivity contribution in [1.82, 2.24) is 5.32 Å². The summed E-state index contributed by atoms with van der Waals surface area (Å²) < 4.78 is 4.75. The largest absolute Gasteiger partial charge is 0.463 e. The maximum atomic E-state index is 11.1. The highest BCUT2D eigenvalue weighted by Crippen LogP contribution is 1.95. The Bertz CT molecular complexity index is 209. The number of rotatable bonds is 7. The van der Waals surface area contributed by atoms with Crippen molar-refractivity contribution in [2.75, 3.05) is 19.7 Å². The maximum absolute atomic E-state index is 11.1. The highest BCUT2D eigenvalue weighted by Gasteiger charge is 2.13. The normalized spacial score (nSPS) is 11.9. The van der Waals surface area contributed by atoms with Crippen LogP contribution in [0.3, 0.4) is 0 Å². The van der Waals surface area contributed by atoms with Gasteiger partial charge in [0.2, 0.25) is 0 Å². The quantitative estimate of drug-likeness (QED) is 0.146. The first-order valence-corrected chi connectivity index (χ1v) is 4.78. The fraction of sp³-hybridized carbons (Fsp3) is 0.750. The van der Waals surface area contributed by atoms with Crippen molar-refractivity contribution < 1.29 is 9.53 Å². The van der Waals surface area contributed by atoms with Gasteiger partial charge >= 0.3 is 5.97 Å². The lowest BCUT2D eigenvalue weighted by atomic mass is 10.2. The molecule has 7 heteroatoms. The fourth-order valence-electron chi connectivity index (χ4n) is 0.929. The number of carbonyl (C=O) groups is 1. The topological polar surface area (TPSA) is 140 Å². The number of esters is 1. The summed E-state index contributed by atoms with van der Waals surface area (Å²) in [5, 5.41) is 9.50. The Hall–Kier alpha value is -1.34. The third-order valence-electron chi connectivity index (χ3n) is 1.67. The summed E-state index contributed by atoms with van der Waals surface area (Å²) in [6.45, 7) is 1.01. The molecule has 0 saturated heterocycles. The predicted molar refractivity (Wildman–Crippen MR) is 57.1 cm³/mol. The summed E-state index contributed by atoms with van der Waals surface area (Å²) in [5.41, 5.74) is 15.8. The van der Waals surface area contributed by atoms with E-state index in [4.69, 9.17) is 27.3 Å². The fourth-order valence-corrected chi connectivity index (χ4v) is 0.929. The zero-order valence-electron chi connectivity index (χ0n) is 8.66. The SMILES string of the molecule is N=C(N)NCCC[C@H](N)C(=O)OCCN. The molecule has 15 heavy (non-hydrogen) atoms. The average molecular weight is 217 g/mol. The van der Waals surface area contributed by atoms with Crippen LogP contribution in [0.4, 0.5) is 0 Å². The molecule has 0 aliphatic carbocycles. The monoisotopic (exact) mass is 217 g/mol. The summed E-state index contributed by atoms with van der Waals surface area (Å²) in [5.74, 6) is -0.530. The predicted octanol–water partition coefficient (Wildman–Crippen LogP) is -1.92. The van der Waals surface area contributed by atoms with Gasteiger partial charge < -0.3 is 27.3 Å². The second-order valence-corrected chi connectivity index (χ2v) is 3.05. The van der Waals surface area contributed by atoms with E-state index in [2.05, 4.69) is 5.32 Å². The molecule has 0 aromatic carbocycles. The molecule has 0 amide bonds. The summed E-state index contributed by atoms with van der Waals surface area (Å²) in [4.78, 5) is 11.1. The van der Waals surface area contributed by atoms with Crippen LogP contribution < -0.4 is 22.5 Å².